The Hall–Kier alpha value is -2.74. The number of nitrogens with one attached hydrogen (secondary N) is 2. The highest BCUT2D eigenvalue weighted by atomic mass is 16.5. The molecular formula is C13H17N5O3. The second-order valence-corrected chi connectivity index (χ2v) is 3.94. The summed E-state index contributed by atoms with van der Waals surface area (Å²) in [5, 5.41) is 3.12. The Morgan fingerprint density at radius 3 is 2.29 bits per heavy atom. The molecule has 0 amide bonds. The second kappa shape index (κ2) is 6.62. The number of anilines is 3. The van der Waals surface area contributed by atoms with Crippen molar-refractivity contribution < 1.29 is 14.2 Å². The average Bonchev–Trinajstić information content (AvgIpc) is 2.54. The molecule has 0 radical (unpaired) electrons. The van der Waals surface area contributed by atoms with Crippen LogP contribution in [-0.2, 0) is 0 Å². The van der Waals surface area contributed by atoms with E-state index in [0.29, 0.717) is 28.9 Å². The van der Waals surface area contributed by atoms with Crippen molar-refractivity contribution in [1.29, 1.82) is 0 Å². The fraction of sp³-hybridized carbons (Fsp3) is 0.231. The molecule has 2 aromatic rings. The molecule has 0 saturated carbocycles. The van der Waals surface area contributed by atoms with Crippen LogP contribution in [-0.4, -0.2) is 31.3 Å². The van der Waals surface area contributed by atoms with E-state index in [1.165, 1.54) is 13.4 Å². The lowest BCUT2D eigenvalue weighted by molar-refractivity contribution is 0.355. The van der Waals surface area contributed by atoms with Crippen molar-refractivity contribution in [2.24, 2.45) is 5.84 Å². The normalized spacial score (nSPS) is 9.90. The van der Waals surface area contributed by atoms with Crippen molar-refractivity contribution in [2.45, 2.75) is 0 Å². The number of benzene rings is 1. The van der Waals surface area contributed by atoms with Crippen molar-refractivity contribution in [2.75, 3.05) is 32.1 Å². The molecule has 0 aliphatic carbocycles. The van der Waals surface area contributed by atoms with Gasteiger partial charge in [-0.1, -0.05) is 0 Å². The van der Waals surface area contributed by atoms with E-state index in [2.05, 4.69) is 20.7 Å². The number of ether oxygens (including phenoxy) is 3. The first kappa shape index (κ1) is 14.7. The summed E-state index contributed by atoms with van der Waals surface area (Å²) >= 11 is 0. The van der Waals surface area contributed by atoms with Gasteiger partial charge in [-0.3, -0.25) is 0 Å². The highest BCUT2D eigenvalue weighted by Crippen LogP contribution is 2.34. The first-order chi connectivity index (χ1) is 10.2. The van der Waals surface area contributed by atoms with Gasteiger partial charge in [-0.15, -0.1) is 0 Å². The van der Waals surface area contributed by atoms with Crippen LogP contribution in [0.15, 0.2) is 24.5 Å². The second-order valence-electron chi connectivity index (χ2n) is 3.94. The Kier molecular flexibility index (Phi) is 4.62. The van der Waals surface area contributed by atoms with Crippen molar-refractivity contribution in [3.05, 3.63) is 24.5 Å². The molecule has 0 fully saturated rings. The van der Waals surface area contributed by atoms with Gasteiger partial charge in [-0.2, -0.15) is 0 Å². The SMILES string of the molecule is COc1ccc(Nc2ncnc(NN)c2OC)cc1OC. The van der Waals surface area contributed by atoms with Gasteiger partial charge in [-0.25, -0.2) is 15.8 Å². The third-order valence-electron chi connectivity index (χ3n) is 2.79. The summed E-state index contributed by atoms with van der Waals surface area (Å²) in [5.41, 5.74) is 3.21. The predicted molar refractivity (Wildman–Crippen MR) is 79.2 cm³/mol. The zero-order chi connectivity index (χ0) is 15.2. The van der Waals surface area contributed by atoms with E-state index in [0.717, 1.165) is 5.69 Å². The zero-order valence-corrected chi connectivity index (χ0v) is 12.0. The van der Waals surface area contributed by atoms with E-state index >= 15 is 0 Å². The van der Waals surface area contributed by atoms with Crippen molar-refractivity contribution in [1.82, 2.24) is 9.97 Å². The third-order valence-corrected chi connectivity index (χ3v) is 2.79. The number of hydrazine groups is 1. The molecule has 0 unspecified atom stereocenters. The minimum atomic E-state index is 0.385. The van der Waals surface area contributed by atoms with E-state index in [9.17, 15) is 0 Å². The van der Waals surface area contributed by atoms with Crippen LogP contribution < -0.4 is 30.8 Å². The van der Waals surface area contributed by atoms with Crippen LogP contribution in [0.4, 0.5) is 17.3 Å². The summed E-state index contributed by atoms with van der Waals surface area (Å²) in [6.07, 6.45) is 1.38. The average molecular weight is 291 g/mol. The number of rotatable bonds is 6. The molecule has 0 bridgehead atoms. The quantitative estimate of drug-likeness (QED) is 0.544. The molecule has 0 aliphatic rings. The summed E-state index contributed by atoms with van der Waals surface area (Å²) < 4.78 is 15.7. The smallest absolute Gasteiger partial charge is 0.205 e. The van der Waals surface area contributed by atoms with Gasteiger partial charge in [0.05, 0.1) is 21.3 Å². The first-order valence-electron chi connectivity index (χ1n) is 6.08. The molecule has 0 aliphatic heterocycles. The molecule has 1 heterocycles. The van der Waals surface area contributed by atoms with Gasteiger partial charge in [0.2, 0.25) is 5.75 Å². The molecule has 21 heavy (non-hydrogen) atoms. The molecule has 4 N–H and O–H groups in total. The van der Waals surface area contributed by atoms with Crippen LogP contribution >= 0.6 is 0 Å². The Morgan fingerprint density at radius 1 is 0.952 bits per heavy atom. The lowest BCUT2D eigenvalue weighted by Gasteiger charge is -2.14. The minimum absolute atomic E-state index is 0.385. The molecule has 0 spiro atoms. The van der Waals surface area contributed by atoms with E-state index < -0.39 is 0 Å². The maximum absolute atomic E-state index is 5.39. The van der Waals surface area contributed by atoms with Crippen LogP contribution in [0, 0.1) is 0 Å². The number of hydrogen-bond donors (Lipinski definition) is 3. The number of aromatic nitrogens is 2. The summed E-state index contributed by atoms with van der Waals surface area (Å²) in [5.74, 6) is 7.91. The largest absolute Gasteiger partial charge is 0.493 e. The highest BCUT2D eigenvalue weighted by molar-refractivity contribution is 5.70. The van der Waals surface area contributed by atoms with E-state index in [1.807, 2.05) is 6.07 Å². The topological polar surface area (TPSA) is 104 Å². The Morgan fingerprint density at radius 2 is 1.67 bits per heavy atom. The van der Waals surface area contributed by atoms with Gasteiger partial charge >= 0.3 is 0 Å². The molecule has 0 atom stereocenters. The van der Waals surface area contributed by atoms with Gasteiger partial charge in [0.25, 0.3) is 0 Å². The standard InChI is InChI=1S/C13H17N5O3/c1-19-9-5-4-8(6-10(9)20-2)17-12-11(21-3)13(18-14)16-7-15-12/h4-7H,14H2,1-3H3,(H2,15,16,17,18). The Labute approximate surface area is 122 Å². The fourth-order valence-corrected chi connectivity index (χ4v) is 1.81. The van der Waals surface area contributed by atoms with E-state index in [4.69, 9.17) is 20.1 Å². The molecule has 1 aromatic carbocycles. The predicted octanol–water partition coefficient (Wildman–Crippen LogP) is 1.53. The number of nitrogens with zero attached hydrogens (tertiary/aromatic N) is 2. The van der Waals surface area contributed by atoms with Crippen molar-refractivity contribution in [3.63, 3.8) is 0 Å². The summed E-state index contributed by atoms with van der Waals surface area (Å²) in [7, 11) is 4.67. The summed E-state index contributed by atoms with van der Waals surface area (Å²) in [4.78, 5) is 8.11. The fourth-order valence-electron chi connectivity index (χ4n) is 1.81. The van der Waals surface area contributed by atoms with Crippen LogP contribution in [0.3, 0.4) is 0 Å². The maximum Gasteiger partial charge on any atom is 0.205 e. The van der Waals surface area contributed by atoms with Gasteiger partial charge in [-0.05, 0) is 12.1 Å². The van der Waals surface area contributed by atoms with E-state index in [-0.39, 0.29) is 0 Å². The minimum Gasteiger partial charge on any atom is -0.493 e. The number of nitrogen functional groups attached to an aromatic ring is 1. The molecular weight excluding hydrogens is 274 g/mol. The van der Waals surface area contributed by atoms with E-state index in [1.54, 1.807) is 26.4 Å². The molecule has 112 valence electrons. The monoisotopic (exact) mass is 291 g/mol. The lowest BCUT2D eigenvalue weighted by Crippen LogP contribution is -2.11. The third kappa shape index (κ3) is 3.06. The Balaban J connectivity index is 2.34. The summed E-state index contributed by atoms with van der Waals surface area (Å²) in [6.45, 7) is 0. The summed E-state index contributed by atoms with van der Waals surface area (Å²) in [6, 6.07) is 5.41. The number of hydrogen-bond acceptors (Lipinski definition) is 8. The van der Waals surface area contributed by atoms with Gasteiger partial charge in [0.15, 0.2) is 23.1 Å². The molecule has 0 saturated heterocycles. The van der Waals surface area contributed by atoms with Crippen LogP contribution in [0.5, 0.6) is 17.2 Å². The van der Waals surface area contributed by atoms with Crippen LogP contribution in [0.1, 0.15) is 0 Å². The molecule has 1 aromatic heterocycles. The zero-order valence-electron chi connectivity index (χ0n) is 12.0. The van der Waals surface area contributed by atoms with Crippen LogP contribution in [0.25, 0.3) is 0 Å². The Bertz CT molecular complexity index is 621. The lowest BCUT2D eigenvalue weighted by atomic mass is 10.2. The molecule has 8 nitrogen and oxygen atoms in total. The number of methoxy groups -OCH3 is 3. The van der Waals surface area contributed by atoms with Gasteiger partial charge in [0, 0.05) is 11.8 Å². The van der Waals surface area contributed by atoms with Crippen molar-refractivity contribution in [3.8, 4) is 17.2 Å². The van der Waals surface area contributed by atoms with Crippen molar-refractivity contribution >= 4 is 17.3 Å². The van der Waals surface area contributed by atoms with Gasteiger partial charge in [0.1, 0.15) is 6.33 Å². The number of nitrogens with two attached hydrogens (primary N) is 1. The first-order valence-corrected chi connectivity index (χ1v) is 6.08. The highest BCUT2D eigenvalue weighted by Gasteiger charge is 2.12. The molecule has 2 rings (SSSR count). The maximum atomic E-state index is 5.39. The van der Waals surface area contributed by atoms with Crippen LogP contribution in [0.2, 0.25) is 0 Å². The molecule has 8 heteroatoms. The van der Waals surface area contributed by atoms with Gasteiger partial charge < -0.3 is 25.0 Å².